The van der Waals surface area contributed by atoms with Gasteiger partial charge in [0.15, 0.2) is 17.3 Å². The fourth-order valence-corrected chi connectivity index (χ4v) is 7.56. The molecule has 1 aliphatic carbocycles. The number of fused-ring (bicyclic) bond motifs is 3. The van der Waals surface area contributed by atoms with Crippen molar-refractivity contribution in [1.82, 2.24) is 0 Å². The predicted molar refractivity (Wildman–Crippen MR) is 163 cm³/mol. The van der Waals surface area contributed by atoms with Gasteiger partial charge >= 0.3 is 0 Å². The van der Waals surface area contributed by atoms with Crippen molar-refractivity contribution in [2.45, 2.75) is 44.5 Å². The predicted octanol–water partition coefficient (Wildman–Crippen LogP) is 6.14. The number of imide groups is 1. The summed E-state index contributed by atoms with van der Waals surface area (Å²) in [4.78, 5) is 29.1. The van der Waals surface area contributed by atoms with Gasteiger partial charge in [-0.15, -0.1) is 0 Å². The Morgan fingerprint density at radius 2 is 1.76 bits per heavy atom. The summed E-state index contributed by atoms with van der Waals surface area (Å²) in [5, 5.41) is 25.7. The number of hydrogen-bond acceptors (Lipinski definition) is 7. The molecule has 2 aliphatic heterocycles. The third-order valence-corrected chi connectivity index (χ3v) is 9.65. The van der Waals surface area contributed by atoms with Crippen LogP contribution in [-0.4, -0.2) is 34.9 Å². The topological polar surface area (TPSA) is 108 Å². The Morgan fingerprint density at radius 3 is 2.44 bits per heavy atom. The number of aromatic hydroxyl groups is 1. The van der Waals surface area contributed by atoms with Crippen molar-refractivity contribution in [3.8, 4) is 11.5 Å². The molecule has 214 valence electrons. The molecule has 2 saturated heterocycles. The molecule has 6 atom stereocenters. The molecule has 3 aliphatic rings. The molecule has 0 spiro atoms. The first kappa shape index (κ1) is 28.0. The summed E-state index contributed by atoms with van der Waals surface area (Å²) in [6.45, 7) is 2.04. The maximum Gasteiger partial charge on any atom is 0.238 e. The summed E-state index contributed by atoms with van der Waals surface area (Å²) in [6, 6.07) is 20.6. The van der Waals surface area contributed by atoms with Crippen LogP contribution in [0.4, 0.5) is 17.1 Å². The number of methoxy groups -OCH3 is 1. The Bertz CT molecular complexity index is 1470. The van der Waals surface area contributed by atoms with E-state index in [0.29, 0.717) is 34.3 Å². The number of phenols is 1. The van der Waals surface area contributed by atoms with Crippen LogP contribution in [0.2, 0.25) is 0 Å². The van der Waals surface area contributed by atoms with Gasteiger partial charge in [-0.3, -0.25) is 14.5 Å². The van der Waals surface area contributed by atoms with E-state index in [1.54, 1.807) is 18.2 Å². The van der Waals surface area contributed by atoms with Gasteiger partial charge in [0.25, 0.3) is 0 Å². The Kier molecular flexibility index (Phi) is 7.46. The lowest BCUT2D eigenvalue weighted by atomic mass is 9.63. The highest BCUT2D eigenvalue weighted by molar-refractivity contribution is 14.1. The standard InChI is InChI=1S/C32H33IN2O6/c1-3-7-19-16-23-28(24-17-26(41-32(19,24)39)18-14-25(33)29(36)27(15-18)40-2)31(38)35(30(23)37)22-12-10-21(11-13-22)34-20-8-5-4-6-9-20/h4-6,8-15,19,23-24,26,28,34,36,39H,3,7,16-17H2,1-2H3/t19-,23-,24-,26-,28-,32+/m0/s1. The second kappa shape index (κ2) is 10.9. The highest BCUT2D eigenvalue weighted by Crippen LogP contribution is 2.59. The van der Waals surface area contributed by atoms with E-state index < -0.39 is 29.6 Å². The van der Waals surface area contributed by atoms with Gasteiger partial charge in [0, 0.05) is 23.2 Å². The molecule has 2 amide bonds. The van der Waals surface area contributed by atoms with Crippen LogP contribution in [0.25, 0.3) is 0 Å². The van der Waals surface area contributed by atoms with Gasteiger partial charge in [-0.1, -0.05) is 31.5 Å². The molecule has 0 aromatic heterocycles. The van der Waals surface area contributed by atoms with E-state index in [2.05, 4.69) is 5.32 Å². The zero-order valence-electron chi connectivity index (χ0n) is 22.9. The van der Waals surface area contributed by atoms with Gasteiger partial charge in [-0.2, -0.15) is 0 Å². The molecule has 9 heteroatoms. The van der Waals surface area contributed by atoms with Gasteiger partial charge in [0.05, 0.1) is 34.3 Å². The quantitative estimate of drug-likeness (QED) is 0.205. The molecule has 0 radical (unpaired) electrons. The van der Waals surface area contributed by atoms with Crippen molar-refractivity contribution >= 4 is 51.5 Å². The van der Waals surface area contributed by atoms with E-state index in [0.717, 1.165) is 23.4 Å². The zero-order valence-corrected chi connectivity index (χ0v) is 25.1. The molecule has 1 saturated carbocycles. The average molecular weight is 669 g/mol. The fraction of sp³-hybridized carbons (Fsp3) is 0.375. The first-order valence-electron chi connectivity index (χ1n) is 14.0. The fourth-order valence-electron chi connectivity index (χ4n) is 6.94. The van der Waals surface area contributed by atoms with Crippen LogP contribution in [-0.2, 0) is 14.3 Å². The van der Waals surface area contributed by atoms with Crippen LogP contribution in [0.5, 0.6) is 11.5 Å². The van der Waals surface area contributed by atoms with E-state index in [4.69, 9.17) is 9.47 Å². The SMILES string of the molecule is CCC[C@H]1C[C@@H]2C(=O)N(c3ccc(Nc4ccccc4)cc3)C(=O)[C@@H]2[C@@H]2C[C@@H](c3cc(I)c(O)c(OC)c3)O[C@]12O. The number of anilines is 3. The average Bonchev–Trinajstić information content (AvgIpc) is 3.45. The first-order valence-corrected chi connectivity index (χ1v) is 15.1. The van der Waals surface area contributed by atoms with Gasteiger partial charge in [0.2, 0.25) is 11.8 Å². The minimum atomic E-state index is -1.53. The van der Waals surface area contributed by atoms with Crippen LogP contribution < -0.4 is 15.0 Å². The van der Waals surface area contributed by atoms with E-state index in [1.807, 2.05) is 78.0 Å². The molecule has 2 heterocycles. The number of rotatable bonds is 7. The maximum absolute atomic E-state index is 14.0. The molecule has 8 nitrogen and oxygen atoms in total. The van der Waals surface area contributed by atoms with Crippen molar-refractivity contribution in [3.63, 3.8) is 0 Å². The number of carbonyl (C=O) groups is 2. The van der Waals surface area contributed by atoms with E-state index in [-0.39, 0.29) is 23.5 Å². The molecule has 0 bridgehead atoms. The molecule has 3 fully saturated rings. The number of carbonyl (C=O) groups excluding carboxylic acids is 2. The van der Waals surface area contributed by atoms with Crippen LogP contribution >= 0.6 is 22.6 Å². The van der Waals surface area contributed by atoms with Crippen molar-refractivity contribution in [2.24, 2.45) is 23.7 Å². The van der Waals surface area contributed by atoms with Gasteiger partial charge < -0.3 is 25.0 Å². The molecular formula is C32H33IN2O6. The number of halogens is 1. The summed E-state index contributed by atoms with van der Waals surface area (Å²) < 4.78 is 12.4. The summed E-state index contributed by atoms with van der Waals surface area (Å²) in [7, 11) is 1.49. The molecule has 6 rings (SSSR count). The van der Waals surface area contributed by atoms with E-state index >= 15 is 0 Å². The van der Waals surface area contributed by atoms with Crippen molar-refractivity contribution in [1.29, 1.82) is 0 Å². The van der Waals surface area contributed by atoms with E-state index in [9.17, 15) is 19.8 Å². The van der Waals surface area contributed by atoms with Crippen molar-refractivity contribution in [3.05, 3.63) is 75.9 Å². The molecule has 3 aromatic carbocycles. The second-order valence-corrected chi connectivity index (χ2v) is 12.3. The number of para-hydroxylation sites is 1. The number of phenolic OH excluding ortho intramolecular Hbond substituents is 1. The van der Waals surface area contributed by atoms with Gasteiger partial charge in [0.1, 0.15) is 0 Å². The summed E-state index contributed by atoms with van der Waals surface area (Å²) in [6.07, 6.45) is 1.77. The third kappa shape index (κ3) is 4.77. The number of hydrogen-bond donors (Lipinski definition) is 3. The summed E-state index contributed by atoms with van der Waals surface area (Å²) in [5.74, 6) is -3.67. The smallest absolute Gasteiger partial charge is 0.238 e. The Morgan fingerprint density at radius 1 is 1.05 bits per heavy atom. The number of nitrogens with one attached hydrogen (secondary N) is 1. The lowest BCUT2D eigenvalue weighted by molar-refractivity contribution is -0.270. The molecule has 41 heavy (non-hydrogen) atoms. The molecule has 3 aromatic rings. The largest absolute Gasteiger partial charge is 0.504 e. The first-order chi connectivity index (χ1) is 19.7. The maximum atomic E-state index is 14.0. The van der Waals surface area contributed by atoms with Crippen LogP contribution in [0.1, 0.15) is 44.3 Å². The molecule has 3 N–H and O–H groups in total. The van der Waals surface area contributed by atoms with Crippen LogP contribution in [0, 0.1) is 27.2 Å². The Hall–Kier alpha value is -3.15. The summed E-state index contributed by atoms with van der Waals surface area (Å²) >= 11 is 2.04. The highest BCUT2D eigenvalue weighted by Gasteiger charge is 2.66. The minimum Gasteiger partial charge on any atom is -0.504 e. The highest BCUT2D eigenvalue weighted by atomic mass is 127. The number of ether oxygens (including phenoxy) is 2. The lowest BCUT2D eigenvalue weighted by Crippen LogP contribution is -2.53. The van der Waals surface area contributed by atoms with Gasteiger partial charge in [-0.25, -0.2) is 0 Å². The number of benzene rings is 3. The minimum absolute atomic E-state index is 0.0482. The third-order valence-electron chi connectivity index (χ3n) is 8.83. The van der Waals surface area contributed by atoms with Crippen LogP contribution in [0.15, 0.2) is 66.7 Å². The number of aliphatic hydroxyl groups is 1. The van der Waals surface area contributed by atoms with Gasteiger partial charge in [-0.05, 0) is 95.9 Å². The monoisotopic (exact) mass is 668 g/mol. The second-order valence-electron chi connectivity index (χ2n) is 11.2. The van der Waals surface area contributed by atoms with Crippen molar-refractivity contribution < 1.29 is 29.3 Å². The zero-order chi connectivity index (χ0) is 28.9. The Balaban J connectivity index is 1.30. The summed E-state index contributed by atoms with van der Waals surface area (Å²) in [5.41, 5.74) is 3.07. The van der Waals surface area contributed by atoms with Crippen LogP contribution in [0.3, 0.4) is 0 Å². The van der Waals surface area contributed by atoms with E-state index in [1.165, 1.54) is 12.0 Å². The number of amides is 2. The molecular weight excluding hydrogens is 635 g/mol. The Labute approximate surface area is 252 Å². The van der Waals surface area contributed by atoms with Crippen molar-refractivity contribution in [2.75, 3.05) is 17.3 Å². The number of nitrogens with zero attached hydrogens (tertiary/aromatic N) is 1. The molecule has 0 unspecified atom stereocenters. The normalized spacial score (nSPS) is 28.9. The lowest BCUT2D eigenvalue weighted by Gasteiger charge is -2.44.